The van der Waals surface area contributed by atoms with Crippen molar-refractivity contribution in [3.05, 3.63) is 63.1 Å². The van der Waals surface area contributed by atoms with E-state index in [1.807, 2.05) is 23.9 Å². The number of thioether (sulfide) groups is 1. The largest absolute Gasteiger partial charge is 0.310 e. The van der Waals surface area contributed by atoms with Crippen LogP contribution in [0.5, 0.6) is 0 Å². The molecule has 0 spiro atoms. The number of hydrogen-bond acceptors (Lipinski definition) is 2. The summed E-state index contributed by atoms with van der Waals surface area (Å²) >= 11 is 11.4. The third-order valence-electron chi connectivity index (χ3n) is 3.27. The maximum atomic E-state index is 5.91. The summed E-state index contributed by atoms with van der Waals surface area (Å²) in [5.74, 6) is 0.942. The molecule has 0 radical (unpaired) electrons. The summed E-state index contributed by atoms with van der Waals surface area (Å²) in [5, 5.41) is 4.22. The van der Waals surface area contributed by atoms with Crippen LogP contribution in [0.3, 0.4) is 0 Å². The van der Waals surface area contributed by atoms with Crippen molar-refractivity contribution in [2.45, 2.75) is 30.5 Å². The quantitative estimate of drug-likeness (QED) is 0.607. The molecule has 21 heavy (non-hydrogen) atoms. The van der Waals surface area contributed by atoms with Crippen molar-refractivity contribution in [1.82, 2.24) is 5.32 Å². The van der Waals surface area contributed by atoms with E-state index in [0.717, 1.165) is 21.8 Å². The summed E-state index contributed by atoms with van der Waals surface area (Å²) in [7, 11) is 0. The molecule has 2 aromatic carbocycles. The van der Waals surface area contributed by atoms with Gasteiger partial charge >= 0.3 is 0 Å². The van der Waals surface area contributed by atoms with E-state index in [1.54, 1.807) is 0 Å². The van der Waals surface area contributed by atoms with E-state index in [2.05, 4.69) is 65.4 Å². The van der Waals surface area contributed by atoms with E-state index < -0.39 is 0 Å². The summed E-state index contributed by atoms with van der Waals surface area (Å²) < 4.78 is 1.16. The Bertz CT molecular complexity index is 586. The first-order chi connectivity index (χ1) is 10.1. The minimum Gasteiger partial charge on any atom is -0.310 e. The molecule has 0 amide bonds. The highest BCUT2D eigenvalue weighted by Crippen LogP contribution is 2.32. The number of rotatable bonds is 6. The van der Waals surface area contributed by atoms with Crippen molar-refractivity contribution in [3.63, 3.8) is 0 Å². The Morgan fingerprint density at radius 2 is 1.90 bits per heavy atom. The van der Waals surface area contributed by atoms with Gasteiger partial charge in [-0.25, -0.2) is 0 Å². The predicted molar refractivity (Wildman–Crippen MR) is 97.2 cm³/mol. The van der Waals surface area contributed by atoms with Crippen LogP contribution >= 0.6 is 39.3 Å². The van der Waals surface area contributed by atoms with Crippen molar-refractivity contribution < 1.29 is 0 Å². The van der Waals surface area contributed by atoms with Gasteiger partial charge < -0.3 is 5.32 Å². The first kappa shape index (κ1) is 16.9. The first-order valence-electron chi connectivity index (χ1n) is 7.00. The number of hydrogen-bond donors (Lipinski definition) is 1. The monoisotopic (exact) mass is 383 g/mol. The van der Waals surface area contributed by atoms with Gasteiger partial charge in [0.1, 0.15) is 0 Å². The smallest absolute Gasteiger partial charge is 0.0406 e. The zero-order valence-corrected chi connectivity index (χ0v) is 15.4. The van der Waals surface area contributed by atoms with E-state index in [0.29, 0.717) is 6.04 Å². The Morgan fingerprint density at radius 1 is 1.19 bits per heavy atom. The lowest BCUT2D eigenvalue weighted by Crippen LogP contribution is -2.17. The molecular formula is C17H19BrClNS. The summed E-state index contributed by atoms with van der Waals surface area (Å²) in [6.07, 6.45) is 0. The van der Waals surface area contributed by atoms with Crippen LogP contribution in [-0.2, 0) is 5.75 Å². The Kier molecular flexibility index (Phi) is 6.62. The maximum Gasteiger partial charge on any atom is 0.0406 e. The molecule has 0 aromatic heterocycles. The lowest BCUT2D eigenvalue weighted by atomic mass is 10.1. The van der Waals surface area contributed by atoms with Crippen LogP contribution in [0.4, 0.5) is 0 Å². The highest BCUT2D eigenvalue weighted by Gasteiger charge is 2.07. The average molecular weight is 385 g/mol. The van der Waals surface area contributed by atoms with Crippen molar-refractivity contribution >= 4 is 39.3 Å². The normalized spacial score (nSPS) is 12.4. The van der Waals surface area contributed by atoms with Gasteiger partial charge in [0.25, 0.3) is 0 Å². The van der Waals surface area contributed by atoms with E-state index in [9.17, 15) is 0 Å². The number of halogens is 2. The molecule has 1 N–H and O–H groups in total. The highest BCUT2D eigenvalue weighted by atomic mass is 79.9. The van der Waals surface area contributed by atoms with E-state index >= 15 is 0 Å². The van der Waals surface area contributed by atoms with Gasteiger partial charge in [-0.05, 0) is 64.8 Å². The second kappa shape index (κ2) is 8.23. The van der Waals surface area contributed by atoms with Crippen LogP contribution in [0, 0.1) is 0 Å². The summed E-state index contributed by atoms with van der Waals surface area (Å²) in [6, 6.07) is 15.0. The van der Waals surface area contributed by atoms with Gasteiger partial charge in [0.15, 0.2) is 0 Å². The standard InChI is InChI=1S/C17H19BrClNS/c1-3-20-12(2)14-6-9-17(16(18)10-14)21-11-13-4-7-15(19)8-5-13/h4-10,12,20H,3,11H2,1-2H3. The topological polar surface area (TPSA) is 12.0 Å². The number of benzene rings is 2. The molecule has 1 atom stereocenters. The summed E-state index contributed by atoms with van der Waals surface area (Å²) in [5.41, 5.74) is 2.58. The van der Waals surface area contributed by atoms with Crippen molar-refractivity contribution in [2.24, 2.45) is 0 Å². The summed E-state index contributed by atoms with van der Waals surface area (Å²) in [4.78, 5) is 1.26. The molecule has 0 fully saturated rings. The van der Waals surface area contributed by atoms with Crippen LogP contribution in [0.25, 0.3) is 0 Å². The molecule has 0 aliphatic rings. The van der Waals surface area contributed by atoms with Gasteiger partial charge in [-0.15, -0.1) is 11.8 Å². The molecular weight excluding hydrogens is 366 g/mol. The molecule has 2 aromatic rings. The lowest BCUT2D eigenvalue weighted by Gasteiger charge is -2.14. The Balaban J connectivity index is 2.02. The van der Waals surface area contributed by atoms with E-state index in [4.69, 9.17) is 11.6 Å². The van der Waals surface area contributed by atoms with Crippen molar-refractivity contribution in [2.75, 3.05) is 6.54 Å². The third-order valence-corrected chi connectivity index (χ3v) is 5.59. The molecule has 0 heterocycles. The maximum absolute atomic E-state index is 5.91. The number of nitrogens with one attached hydrogen (secondary N) is 1. The van der Waals surface area contributed by atoms with Gasteiger partial charge in [0, 0.05) is 26.2 Å². The zero-order valence-electron chi connectivity index (χ0n) is 12.2. The van der Waals surface area contributed by atoms with Gasteiger partial charge in [-0.2, -0.15) is 0 Å². The fourth-order valence-electron chi connectivity index (χ4n) is 2.07. The lowest BCUT2D eigenvalue weighted by molar-refractivity contribution is 0.597. The zero-order chi connectivity index (χ0) is 15.2. The molecule has 2 rings (SSSR count). The molecule has 0 aliphatic heterocycles. The predicted octanol–water partition coefficient (Wildman–Crippen LogP) is 6.07. The molecule has 112 valence electrons. The van der Waals surface area contributed by atoms with E-state index in [1.165, 1.54) is 16.0 Å². The molecule has 4 heteroatoms. The Morgan fingerprint density at radius 3 is 2.52 bits per heavy atom. The van der Waals surface area contributed by atoms with Crippen LogP contribution < -0.4 is 5.32 Å². The highest BCUT2D eigenvalue weighted by molar-refractivity contribution is 9.10. The van der Waals surface area contributed by atoms with Crippen molar-refractivity contribution in [3.8, 4) is 0 Å². The fourth-order valence-corrected chi connectivity index (χ4v) is 3.81. The van der Waals surface area contributed by atoms with Crippen LogP contribution in [0.1, 0.15) is 31.0 Å². The van der Waals surface area contributed by atoms with Crippen molar-refractivity contribution in [1.29, 1.82) is 0 Å². The van der Waals surface area contributed by atoms with Crippen LogP contribution in [0.2, 0.25) is 5.02 Å². The van der Waals surface area contributed by atoms with Gasteiger partial charge in [-0.3, -0.25) is 0 Å². The third kappa shape index (κ3) is 5.03. The SMILES string of the molecule is CCNC(C)c1ccc(SCc2ccc(Cl)cc2)c(Br)c1. The average Bonchev–Trinajstić information content (AvgIpc) is 2.48. The minimum absolute atomic E-state index is 0.376. The minimum atomic E-state index is 0.376. The van der Waals surface area contributed by atoms with Gasteiger partial charge in [-0.1, -0.05) is 36.7 Å². The fraction of sp³-hybridized carbons (Fsp3) is 0.294. The summed E-state index contributed by atoms with van der Waals surface area (Å²) in [6.45, 7) is 5.29. The Labute approximate surface area is 144 Å². The van der Waals surface area contributed by atoms with Gasteiger partial charge in [0.05, 0.1) is 0 Å². The van der Waals surface area contributed by atoms with E-state index in [-0.39, 0.29) is 0 Å². The molecule has 0 aliphatic carbocycles. The Hall–Kier alpha value is -0.480. The molecule has 1 unspecified atom stereocenters. The molecule has 0 saturated carbocycles. The second-order valence-corrected chi connectivity index (χ2v) is 7.19. The van der Waals surface area contributed by atoms with Crippen LogP contribution in [-0.4, -0.2) is 6.54 Å². The van der Waals surface area contributed by atoms with Crippen LogP contribution in [0.15, 0.2) is 51.8 Å². The molecule has 1 nitrogen and oxygen atoms in total. The van der Waals surface area contributed by atoms with Gasteiger partial charge in [0.2, 0.25) is 0 Å². The second-order valence-electron chi connectivity index (χ2n) is 4.88. The molecule has 0 bridgehead atoms. The molecule has 0 saturated heterocycles. The first-order valence-corrected chi connectivity index (χ1v) is 9.16.